The summed E-state index contributed by atoms with van der Waals surface area (Å²) in [5.74, 6) is -2.34. The number of benzene rings is 2. The van der Waals surface area contributed by atoms with Crippen molar-refractivity contribution in [1.29, 1.82) is 0 Å². The largest absolute Gasteiger partial charge is 0.431 e. The maximum atomic E-state index is 13.1. The van der Waals surface area contributed by atoms with Crippen molar-refractivity contribution < 1.29 is 18.0 Å². The zero-order chi connectivity index (χ0) is 15.5. The third-order valence-corrected chi connectivity index (χ3v) is 2.93. The van der Waals surface area contributed by atoms with E-state index in [2.05, 4.69) is 10.3 Å². The average Bonchev–Trinajstić information content (AvgIpc) is 3.02. The van der Waals surface area contributed by atoms with Crippen molar-refractivity contribution in [2.24, 2.45) is 0 Å². The molecule has 4 nitrogen and oxygen atoms in total. The number of nitrogens with zero attached hydrogens (tertiary/aromatic N) is 1. The van der Waals surface area contributed by atoms with Crippen molar-refractivity contribution in [3.63, 3.8) is 0 Å². The highest BCUT2D eigenvalue weighted by Crippen LogP contribution is 2.20. The number of carbonyl (C=O) groups excluding carboxylic acids is 1. The van der Waals surface area contributed by atoms with E-state index in [1.165, 1.54) is 12.3 Å². The molecule has 0 saturated carbocycles. The van der Waals surface area contributed by atoms with Crippen LogP contribution in [0.5, 0.6) is 0 Å². The van der Waals surface area contributed by atoms with E-state index >= 15 is 0 Å². The SMILES string of the molecule is O=C(Nc1ccc(F)c(F)c1)c1cnc(-c2ccccc2)o1. The Hall–Kier alpha value is -3.02. The van der Waals surface area contributed by atoms with Crippen molar-refractivity contribution in [1.82, 2.24) is 4.98 Å². The van der Waals surface area contributed by atoms with E-state index < -0.39 is 17.5 Å². The molecule has 3 rings (SSSR count). The molecule has 3 aromatic rings. The van der Waals surface area contributed by atoms with Crippen LogP contribution in [-0.2, 0) is 0 Å². The molecule has 0 aliphatic carbocycles. The lowest BCUT2D eigenvalue weighted by Gasteiger charge is -2.03. The predicted molar refractivity (Wildman–Crippen MR) is 76.3 cm³/mol. The second kappa shape index (κ2) is 5.77. The Morgan fingerprint density at radius 2 is 1.82 bits per heavy atom. The number of hydrogen-bond acceptors (Lipinski definition) is 3. The molecular formula is C16H10F2N2O2. The first kappa shape index (κ1) is 13.9. The number of oxazole rings is 1. The molecule has 2 aromatic carbocycles. The van der Waals surface area contributed by atoms with Crippen LogP contribution in [0.1, 0.15) is 10.6 Å². The standard InChI is InChI=1S/C16H10F2N2O2/c17-12-7-6-11(8-13(12)18)20-15(21)14-9-19-16(22-14)10-4-2-1-3-5-10/h1-9H,(H,20,21). The molecule has 110 valence electrons. The predicted octanol–water partition coefficient (Wildman–Crippen LogP) is 3.87. The second-order valence-corrected chi connectivity index (χ2v) is 4.48. The van der Waals surface area contributed by atoms with E-state index in [9.17, 15) is 13.6 Å². The van der Waals surface area contributed by atoms with E-state index in [1.807, 2.05) is 18.2 Å². The molecule has 1 N–H and O–H groups in total. The van der Waals surface area contributed by atoms with E-state index in [0.29, 0.717) is 5.89 Å². The molecule has 0 atom stereocenters. The van der Waals surface area contributed by atoms with Gasteiger partial charge >= 0.3 is 0 Å². The highest BCUT2D eigenvalue weighted by molar-refractivity contribution is 6.02. The van der Waals surface area contributed by atoms with Crippen LogP contribution in [0.2, 0.25) is 0 Å². The van der Waals surface area contributed by atoms with Crippen molar-refractivity contribution >= 4 is 11.6 Å². The summed E-state index contributed by atoms with van der Waals surface area (Å²) in [4.78, 5) is 16.0. The van der Waals surface area contributed by atoms with Crippen LogP contribution in [0.4, 0.5) is 14.5 Å². The Kier molecular flexibility index (Phi) is 3.65. The molecule has 6 heteroatoms. The minimum Gasteiger partial charge on any atom is -0.431 e. The van der Waals surface area contributed by atoms with Crippen LogP contribution in [0, 0.1) is 11.6 Å². The fourth-order valence-electron chi connectivity index (χ4n) is 1.86. The molecule has 0 spiro atoms. The summed E-state index contributed by atoms with van der Waals surface area (Å²) in [6.07, 6.45) is 1.28. The van der Waals surface area contributed by atoms with Gasteiger partial charge in [0.05, 0.1) is 6.20 Å². The molecule has 0 fully saturated rings. The molecule has 1 amide bonds. The lowest BCUT2D eigenvalue weighted by Crippen LogP contribution is -2.11. The Morgan fingerprint density at radius 3 is 2.55 bits per heavy atom. The lowest BCUT2D eigenvalue weighted by molar-refractivity contribution is 0.0997. The topological polar surface area (TPSA) is 55.1 Å². The molecule has 0 radical (unpaired) electrons. The highest BCUT2D eigenvalue weighted by Gasteiger charge is 2.14. The summed E-state index contributed by atoms with van der Waals surface area (Å²) in [5.41, 5.74) is 0.857. The Bertz CT molecular complexity index is 816. The van der Waals surface area contributed by atoms with Crippen LogP contribution in [-0.4, -0.2) is 10.9 Å². The molecule has 22 heavy (non-hydrogen) atoms. The highest BCUT2D eigenvalue weighted by atomic mass is 19.2. The summed E-state index contributed by atoms with van der Waals surface area (Å²) < 4.78 is 31.3. The maximum absolute atomic E-state index is 13.1. The van der Waals surface area contributed by atoms with E-state index in [-0.39, 0.29) is 11.4 Å². The van der Waals surface area contributed by atoms with Crippen LogP contribution in [0.15, 0.2) is 59.1 Å². The number of nitrogens with one attached hydrogen (secondary N) is 1. The molecule has 0 saturated heterocycles. The fourth-order valence-corrected chi connectivity index (χ4v) is 1.86. The van der Waals surface area contributed by atoms with Gasteiger partial charge in [0.1, 0.15) is 0 Å². The zero-order valence-electron chi connectivity index (χ0n) is 11.2. The Morgan fingerprint density at radius 1 is 1.05 bits per heavy atom. The van der Waals surface area contributed by atoms with Gasteiger partial charge in [-0.1, -0.05) is 18.2 Å². The number of rotatable bonds is 3. The molecule has 0 bridgehead atoms. The number of anilines is 1. The summed E-state index contributed by atoms with van der Waals surface area (Å²) in [7, 11) is 0. The Labute approximate surface area is 124 Å². The Balaban J connectivity index is 1.78. The van der Waals surface area contributed by atoms with Gasteiger partial charge in [-0.05, 0) is 24.3 Å². The molecule has 0 aliphatic rings. The van der Waals surface area contributed by atoms with Crippen molar-refractivity contribution in [2.45, 2.75) is 0 Å². The number of hydrogen-bond donors (Lipinski definition) is 1. The maximum Gasteiger partial charge on any atom is 0.293 e. The first-order valence-corrected chi connectivity index (χ1v) is 6.41. The van der Waals surface area contributed by atoms with Crippen molar-refractivity contribution in [3.05, 3.63) is 72.1 Å². The third kappa shape index (κ3) is 2.85. The van der Waals surface area contributed by atoms with Gasteiger partial charge in [-0.3, -0.25) is 4.79 Å². The van der Waals surface area contributed by atoms with Gasteiger partial charge in [0.25, 0.3) is 5.91 Å². The van der Waals surface area contributed by atoms with E-state index in [1.54, 1.807) is 12.1 Å². The summed E-state index contributed by atoms with van der Waals surface area (Å²) in [6, 6.07) is 12.2. The normalized spacial score (nSPS) is 10.5. The fraction of sp³-hybridized carbons (Fsp3) is 0. The van der Waals surface area contributed by atoms with Crippen LogP contribution in [0.3, 0.4) is 0 Å². The average molecular weight is 300 g/mol. The van der Waals surface area contributed by atoms with Crippen molar-refractivity contribution in [2.75, 3.05) is 5.32 Å². The summed E-state index contributed by atoms with van der Waals surface area (Å²) in [6.45, 7) is 0. The first-order chi connectivity index (χ1) is 10.6. The number of amides is 1. The lowest BCUT2D eigenvalue weighted by atomic mass is 10.2. The smallest absolute Gasteiger partial charge is 0.293 e. The van der Waals surface area contributed by atoms with Crippen LogP contribution in [0.25, 0.3) is 11.5 Å². The second-order valence-electron chi connectivity index (χ2n) is 4.48. The van der Waals surface area contributed by atoms with Crippen LogP contribution < -0.4 is 5.32 Å². The zero-order valence-corrected chi connectivity index (χ0v) is 11.2. The van der Waals surface area contributed by atoms with Gasteiger partial charge in [-0.15, -0.1) is 0 Å². The summed E-state index contributed by atoms with van der Waals surface area (Å²) in [5, 5.41) is 2.41. The van der Waals surface area contributed by atoms with Gasteiger partial charge < -0.3 is 9.73 Å². The van der Waals surface area contributed by atoms with Crippen LogP contribution >= 0.6 is 0 Å². The molecule has 0 unspecified atom stereocenters. The monoisotopic (exact) mass is 300 g/mol. The van der Waals surface area contributed by atoms with E-state index in [4.69, 9.17) is 4.42 Å². The van der Waals surface area contributed by atoms with Gasteiger partial charge in [0, 0.05) is 17.3 Å². The van der Waals surface area contributed by atoms with E-state index in [0.717, 1.165) is 17.7 Å². The molecule has 1 aromatic heterocycles. The van der Waals surface area contributed by atoms with Gasteiger partial charge in [-0.2, -0.15) is 0 Å². The molecule has 1 heterocycles. The quantitative estimate of drug-likeness (QED) is 0.798. The van der Waals surface area contributed by atoms with Crippen molar-refractivity contribution in [3.8, 4) is 11.5 Å². The van der Waals surface area contributed by atoms with Gasteiger partial charge in [0.15, 0.2) is 11.6 Å². The first-order valence-electron chi connectivity index (χ1n) is 6.41. The minimum atomic E-state index is -1.04. The number of carbonyl (C=O) groups is 1. The minimum absolute atomic E-state index is 0.0245. The van der Waals surface area contributed by atoms with Gasteiger partial charge in [0.2, 0.25) is 11.7 Å². The number of aromatic nitrogens is 1. The molecule has 0 aliphatic heterocycles. The van der Waals surface area contributed by atoms with Gasteiger partial charge in [-0.25, -0.2) is 13.8 Å². The summed E-state index contributed by atoms with van der Waals surface area (Å²) >= 11 is 0. The number of halogens is 2. The third-order valence-electron chi connectivity index (χ3n) is 2.93. The molecular weight excluding hydrogens is 290 g/mol.